The Morgan fingerprint density at radius 1 is 1.31 bits per heavy atom. The minimum Gasteiger partial charge on any atom is -0.284 e. The SMILES string of the molecule is CCCc1c2nc(Cl)n(C)c(=O)c2nn1C. The Balaban J connectivity index is 2.85. The molecule has 0 unspecified atom stereocenters. The molecule has 0 aliphatic rings. The molecule has 0 amide bonds. The van der Waals surface area contributed by atoms with Crippen molar-refractivity contribution < 1.29 is 0 Å². The summed E-state index contributed by atoms with van der Waals surface area (Å²) >= 11 is 5.89. The van der Waals surface area contributed by atoms with Gasteiger partial charge in [0.25, 0.3) is 5.56 Å². The summed E-state index contributed by atoms with van der Waals surface area (Å²) in [5.41, 5.74) is 1.76. The zero-order chi connectivity index (χ0) is 11.9. The first kappa shape index (κ1) is 11.1. The van der Waals surface area contributed by atoms with Gasteiger partial charge in [0.1, 0.15) is 5.52 Å². The molecule has 0 spiro atoms. The highest BCUT2D eigenvalue weighted by Gasteiger charge is 2.15. The third-order valence-corrected chi connectivity index (χ3v) is 2.95. The van der Waals surface area contributed by atoms with Crippen molar-refractivity contribution in [1.29, 1.82) is 0 Å². The molecule has 2 heterocycles. The van der Waals surface area contributed by atoms with Crippen LogP contribution in [0.2, 0.25) is 5.28 Å². The maximum absolute atomic E-state index is 11.9. The average Bonchev–Trinajstić information content (AvgIpc) is 2.55. The smallest absolute Gasteiger partial charge is 0.282 e. The van der Waals surface area contributed by atoms with Crippen LogP contribution < -0.4 is 5.56 Å². The number of nitrogens with zero attached hydrogens (tertiary/aromatic N) is 4. The van der Waals surface area contributed by atoms with E-state index in [4.69, 9.17) is 11.6 Å². The van der Waals surface area contributed by atoms with E-state index in [0.29, 0.717) is 11.0 Å². The average molecular weight is 241 g/mol. The van der Waals surface area contributed by atoms with Crippen LogP contribution >= 0.6 is 11.6 Å². The van der Waals surface area contributed by atoms with Gasteiger partial charge in [-0.3, -0.25) is 14.0 Å². The minimum absolute atomic E-state index is 0.197. The summed E-state index contributed by atoms with van der Waals surface area (Å²) in [6, 6.07) is 0. The van der Waals surface area contributed by atoms with Gasteiger partial charge in [-0.15, -0.1) is 0 Å². The summed E-state index contributed by atoms with van der Waals surface area (Å²) in [6.45, 7) is 2.07. The van der Waals surface area contributed by atoms with Gasteiger partial charge in [-0.25, -0.2) is 4.98 Å². The lowest BCUT2D eigenvalue weighted by Crippen LogP contribution is -2.18. The van der Waals surface area contributed by atoms with E-state index in [2.05, 4.69) is 17.0 Å². The summed E-state index contributed by atoms with van der Waals surface area (Å²) in [7, 11) is 3.41. The molecule has 0 fully saturated rings. The first-order chi connectivity index (χ1) is 7.56. The van der Waals surface area contributed by atoms with E-state index in [-0.39, 0.29) is 10.8 Å². The predicted octanol–water partition coefficient (Wildman–Crippen LogP) is 1.27. The molecule has 0 saturated carbocycles. The topological polar surface area (TPSA) is 52.7 Å². The second kappa shape index (κ2) is 3.90. The number of fused-ring (bicyclic) bond motifs is 1. The van der Waals surface area contributed by atoms with Gasteiger partial charge in [-0.2, -0.15) is 5.10 Å². The largest absolute Gasteiger partial charge is 0.284 e. The second-order valence-electron chi connectivity index (χ2n) is 3.76. The van der Waals surface area contributed by atoms with Gasteiger partial charge in [-0.05, 0) is 18.0 Å². The molecule has 86 valence electrons. The van der Waals surface area contributed by atoms with Crippen LogP contribution in [0.15, 0.2) is 4.79 Å². The van der Waals surface area contributed by atoms with Gasteiger partial charge >= 0.3 is 0 Å². The molecule has 0 radical (unpaired) electrons. The molecule has 0 aromatic carbocycles. The van der Waals surface area contributed by atoms with Gasteiger partial charge in [0.2, 0.25) is 5.28 Å². The molecule has 0 atom stereocenters. The van der Waals surface area contributed by atoms with Crippen LogP contribution in [0.5, 0.6) is 0 Å². The zero-order valence-electron chi connectivity index (χ0n) is 9.49. The molecule has 0 N–H and O–H groups in total. The fourth-order valence-electron chi connectivity index (χ4n) is 1.74. The highest BCUT2D eigenvalue weighted by atomic mass is 35.5. The molecule has 2 aromatic heterocycles. The molecule has 0 aliphatic heterocycles. The van der Waals surface area contributed by atoms with E-state index in [1.807, 2.05) is 7.05 Å². The van der Waals surface area contributed by atoms with Crippen molar-refractivity contribution in [1.82, 2.24) is 19.3 Å². The summed E-state index contributed by atoms with van der Waals surface area (Å²) in [6.07, 6.45) is 1.81. The van der Waals surface area contributed by atoms with Crippen molar-refractivity contribution in [3.8, 4) is 0 Å². The van der Waals surface area contributed by atoms with E-state index in [0.717, 1.165) is 18.5 Å². The maximum Gasteiger partial charge on any atom is 0.282 e. The first-order valence-corrected chi connectivity index (χ1v) is 5.52. The number of hydrogen-bond donors (Lipinski definition) is 0. The fraction of sp³-hybridized carbons (Fsp3) is 0.500. The summed E-state index contributed by atoms with van der Waals surface area (Å²) in [5, 5.41) is 4.39. The Labute approximate surface area is 97.7 Å². The van der Waals surface area contributed by atoms with E-state index in [9.17, 15) is 4.79 Å². The monoisotopic (exact) mass is 240 g/mol. The number of hydrogen-bond acceptors (Lipinski definition) is 3. The number of aryl methyl sites for hydroxylation is 2. The Morgan fingerprint density at radius 3 is 2.62 bits per heavy atom. The molecule has 5 nitrogen and oxygen atoms in total. The van der Waals surface area contributed by atoms with E-state index in [1.54, 1.807) is 11.7 Å². The van der Waals surface area contributed by atoms with Crippen molar-refractivity contribution in [3.05, 3.63) is 21.3 Å². The van der Waals surface area contributed by atoms with Gasteiger partial charge in [0.15, 0.2) is 5.52 Å². The van der Waals surface area contributed by atoms with E-state index in [1.165, 1.54) is 4.57 Å². The summed E-state index contributed by atoms with van der Waals surface area (Å²) in [5.74, 6) is 0. The van der Waals surface area contributed by atoms with Crippen molar-refractivity contribution in [2.75, 3.05) is 0 Å². The van der Waals surface area contributed by atoms with Crippen molar-refractivity contribution in [2.24, 2.45) is 14.1 Å². The molecule has 2 rings (SSSR count). The molecule has 2 aromatic rings. The summed E-state index contributed by atoms with van der Waals surface area (Å²) in [4.78, 5) is 16.1. The molecular weight excluding hydrogens is 228 g/mol. The molecule has 0 aliphatic carbocycles. The molecule has 16 heavy (non-hydrogen) atoms. The maximum atomic E-state index is 11.9. The van der Waals surface area contributed by atoms with Crippen LogP contribution in [0, 0.1) is 0 Å². The number of halogens is 1. The highest BCUT2D eigenvalue weighted by molar-refractivity contribution is 6.28. The van der Waals surface area contributed by atoms with Gasteiger partial charge in [-0.1, -0.05) is 13.3 Å². The third-order valence-electron chi connectivity index (χ3n) is 2.61. The number of aromatic nitrogens is 4. The lowest BCUT2D eigenvalue weighted by Gasteiger charge is -2.01. The van der Waals surface area contributed by atoms with Crippen LogP contribution in [0.4, 0.5) is 0 Å². The molecule has 6 heteroatoms. The predicted molar refractivity (Wildman–Crippen MR) is 62.8 cm³/mol. The third kappa shape index (κ3) is 1.51. The zero-order valence-corrected chi connectivity index (χ0v) is 10.2. The molecule has 0 saturated heterocycles. The van der Waals surface area contributed by atoms with Crippen LogP contribution in [0.25, 0.3) is 11.0 Å². The Kier molecular flexibility index (Phi) is 2.71. The lowest BCUT2D eigenvalue weighted by atomic mass is 10.2. The molecule has 0 bridgehead atoms. The Bertz CT molecular complexity index is 599. The van der Waals surface area contributed by atoms with Gasteiger partial charge < -0.3 is 0 Å². The standard InChI is InChI=1S/C10H13ClN4O/c1-4-5-6-7-8(13-15(6)3)9(16)14(2)10(11)12-7/h4-5H2,1-3H3. The fourth-order valence-corrected chi connectivity index (χ4v) is 1.90. The lowest BCUT2D eigenvalue weighted by molar-refractivity contribution is 0.705. The van der Waals surface area contributed by atoms with Gasteiger partial charge in [0, 0.05) is 14.1 Å². The van der Waals surface area contributed by atoms with Crippen LogP contribution in [-0.2, 0) is 20.5 Å². The summed E-state index contributed by atoms with van der Waals surface area (Å²) < 4.78 is 3.01. The van der Waals surface area contributed by atoms with Crippen molar-refractivity contribution in [2.45, 2.75) is 19.8 Å². The van der Waals surface area contributed by atoms with Crippen LogP contribution in [-0.4, -0.2) is 19.3 Å². The number of rotatable bonds is 2. The van der Waals surface area contributed by atoms with Crippen molar-refractivity contribution in [3.63, 3.8) is 0 Å². The Morgan fingerprint density at radius 2 is 2.00 bits per heavy atom. The van der Waals surface area contributed by atoms with E-state index < -0.39 is 0 Å². The normalized spacial score (nSPS) is 11.2. The van der Waals surface area contributed by atoms with Crippen LogP contribution in [0.3, 0.4) is 0 Å². The first-order valence-electron chi connectivity index (χ1n) is 5.14. The van der Waals surface area contributed by atoms with Crippen LogP contribution in [0.1, 0.15) is 19.0 Å². The van der Waals surface area contributed by atoms with Gasteiger partial charge in [0.05, 0.1) is 5.69 Å². The second-order valence-corrected chi connectivity index (χ2v) is 4.10. The molecular formula is C10H13ClN4O. The van der Waals surface area contributed by atoms with E-state index >= 15 is 0 Å². The van der Waals surface area contributed by atoms with Crippen molar-refractivity contribution >= 4 is 22.6 Å². The quantitative estimate of drug-likeness (QED) is 0.743. The highest BCUT2D eigenvalue weighted by Crippen LogP contribution is 2.16. The Hall–Kier alpha value is -1.36. The minimum atomic E-state index is -0.201.